The highest BCUT2D eigenvalue weighted by molar-refractivity contribution is 7.12. The van der Waals surface area contributed by atoms with Crippen LogP contribution in [-0.2, 0) is 4.79 Å². The minimum absolute atomic E-state index is 0.0520. The van der Waals surface area contributed by atoms with Crippen LogP contribution < -0.4 is 0 Å². The number of benzene rings is 1. The summed E-state index contributed by atoms with van der Waals surface area (Å²) in [4.78, 5) is 13.2. The molecular weight excluding hydrogens is 304 g/mol. The molecule has 1 aliphatic heterocycles. The molecule has 0 saturated carbocycles. The van der Waals surface area contributed by atoms with Crippen LogP contribution in [0, 0.1) is 6.92 Å². The Labute approximate surface area is 132 Å². The molecule has 1 amide bonds. The van der Waals surface area contributed by atoms with Crippen molar-refractivity contribution in [1.82, 2.24) is 5.01 Å². The molecule has 3 nitrogen and oxygen atoms in total. The van der Waals surface area contributed by atoms with Crippen molar-refractivity contribution in [2.75, 3.05) is 5.88 Å². The second-order valence-corrected chi connectivity index (χ2v) is 6.24. The maximum Gasteiger partial charge on any atom is 0.258 e. The summed E-state index contributed by atoms with van der Waals surface area (Å²) in [5, 5.41) is 8.06. The van der Waals surface area contributed by atoms with Crippen LogP contribution in [0.3, 0.4) is 0 Å². The number of hydrogen-bond donors (Lipinski definition) is 0. The lowest BCUT2D eigenvalue weighted by molar-refractivity contribution is -0.130. The van der Waals surface area contributed by atoms with E-state index in [1.165, 1.54) is 10.6 Å². The number of carbonyl (C=O) groups excluding carboxylic acids is 1. The lowest BCUT2D eigenvalue weighted by atomic mass is 10.00. The summed E-state index contributed by atoms with van der Waals surface area (Å²) in [5.41, 5.74) is 3.25. The molecule has 0 radical (unpaired) electrons. The van der Waals surface area contributed by atoms with E-state index in [1.807, 2.05) is 24.4 Å². The number of halogens is 1. The molecule has 3 rings (SSSR count). The lowest BCUT2D eigenvalue weighted by Crippen LogP contribution is -2.27. The van der Waals surface area contributed by atoms with Crippen LogP contribution >= 0.6 is 22.9 Å². The predicted octanol–water partition coefficient (Wildman–Crippen LogP) is 3.97. The maximum atomic E-state index is 12.1. The van der Waals surface area contributed by atoms with Crippen molar-refractivity contribution in [3.8, 4) is 0 Å². The number of hydrazone groups is 1. The summed E-state index contributed by atoms with van der Waals surface area (Å²) in [6, 6.07) is 12.2. The van der Waals surface area contributed by atoms with Gasteiger partial charge < -0.3 is 0 Å². The molecule has 0 fully saturated rings. The van der Waals surface area contributed by atoms with Gasteiger partial charge in [0.25, 0.3) is 5.91 Å². The third-order valence-corrected chi connectivity index (χ3v) is 4.70. The zero-order valence-corrected chi connectivity index (χ0v) is 13.2. The Morgan fingerprint density at radius 1 is 1.38 bits per heavy atom. The van der Waals surface area contributed by atoms with Crippen LogP contribution in [0.4, 0.5) is 0 Å². The summed E-state index contributed by atoms with van der Waals surface area (Å²) in [7, 11) is 0. The highest BCUT2D eigenvalue weighted by Crippen LogP contribution is 2.33. The zero-order valence-electron chi connectivity index (χ0n) is 11.6. The molecule has 5 heteroatoms. The molecular formula is C16H15ClN2OS. The van der Waals surface area contributed by atoms with E-state index in [0.29, 0.717) is 0 Å². The first-order chi connectivity index (χ1) is 10.2. The fraction of sp³-hybridized carbons (Fsp3) is 0.250. The largest absolute Gasteiger partial charge is 0.272 e. The Morgan fingerprint density at radius 2 is 2.14 bits per heavy atom. The van der Waals surface area contributed by atoms with Gasteiger partial charge in [-0.1, -0.05) is 35.9 Å². The van der Waals surface area contributed by atoms with Crippen LogP contribution in [-0.4, -0.2) is 22.5 Å². The van der Waals surface area contributed by atoms with E-state index in [4.69, 9.17) is 11.6 Å². The quantitative estimate of drug-likeness (QED) is 0.788. The Bertz CT molecular complexity index is 664. The van der Waals surface area contributed by atoms with E-state index in [1.54, 1.807) is 11.3 Å². The first kappa shape index (κ1) is 14.3. The third-order valence-electron chi connectivity index (χ3n) is 3.55. The number of alkyl halides is 1. The minimum atomic E-state index is -0.159. The van der Waals surface area contributed by atoms with Crippen LogP contribution in [0.15, 0.2) is 46.9 Å². The fourth-order valence-electron chi connectivity index (χ4n) is 2.44. The zero-order chi connectivity index (χ0) is 14.8. The van der Waals surface area contributed by atoms with Gasteiger partial charge in [-0.25, -0.2) is 5.01 Å². The van der Waals surface area contributed by atoms with Gasteiger partial charge in [-0.15, -0.1) is 22.9 Å². The summed E-state index contributed by atoms with van der Waals surface area (Å²) in [6.45, 7) is 2.05. The average Bonchev–Trinajstić information content (AvgIpc) is 3.16. The van der Waals surface area contributed by atoms with E-state index < -0.39 is 0 Å². The van der Waals surface area contributed by atoms with Gasteiger partial charge in [-0.05, 0) is 23.9 Å². The first-order valence-electron chi connectivity index (χ1n) is 6.75. The Balaban J connectivity index is 1.93. The van der Waals surface area contributed by atoms with E-state index in [-0.39, 0.29) is 17.8 Å². The van der Waals surface area contributed by atoms with Gasteiger partial charge in [-0.2, -0.15) is 5.10 Å². The molecule has 2 heterocycles. The SMILES string of the molecule is Cc1ccc([C@@H]2CC(c3cccs3)=NN2C(=O)CCl)cc1. The first-order valence-corrected chi connectivity index (χ1v) is 8.16. The number of hydrogen-bond acceptors (Lipinski definition) is 3. The van der Waals surface area contributed by atoms with Crippen LogP contribution in [0.1, 0.15) is 28.5 Å². The highest BCUT2D eigenvalue weighted by atomic mass is 35.5. The second kappa shape index (κ2) is 6.00. The fourth-order valence-corrected chi connectivity index (χ4v) is 3.28. The van der Waals surface area contributed by atoms with Gasteiger partial charge >= 0.3 is 0 Å². The number of amides is 1. The van der Waals surface area contributed by atoms with E-state index >= 15 is 0 Å². The number of aryl methyl sites for hydroxylation is 1. The molecule has 0 unspecified atom stereocenters. The number of nitrogens with zero attached hydrogens (tertiary/aromatic N) is 2. The van der Waals surface area contributed by atoms with Crippen molar-refractivity contribution in [3.63, 3.8) is 0 Å². The smallest absolute Gasteiger partial charge is 0.258 e. The molecule has 1 atom stereocenters. The van der Waals surface area contributed by atoms with Crippen LogP contribution in [0.25, 0.3) is 0 Å². The number of carbonyl (C=O) groups is 1. The normalized spacial score (nSPS) is 17.9. The molecule has 0 bridgehead atoms. The molecule has 108 valence electrons. The van der Waals surface area contributed by atoms with Crippen LogP contribution in [0.5, 0.6) is 0 Å². The Morgan fingerprint density at radius 3 is 2.76 bits per heavy atom. The van der Waals surface area contributed by atoms with Crippen molar-refractivity contribution in [1.29, 1.82) is 0 Å². The van der Waals surface area contributed by atoms with Gasteiger partial charge in [0.05, 0.1) is 16.6 Å². The van der Waals surface area contributed by atoms with Gasteiger partial charge in [0.15, 0.2) is 0 Å². The Hall–Kier alpha value is -1.65. The van der Waals surface area contributed by atoms with E-state index in [0.717, 1.165) is 22.6 Å². The van der Waals surface area contributed by atoms with Crippen molar-refractivity contribution in [2.24, 2.45) is 5.10 Å². The van der Waals surface area contributed by atoms with E-state index in [2.05, 4.69) is 29.4 Å². The molecule has 0 saturated heterocycles. The van der Waals surface area contributed by atoms with Gasteiger partial charge in [0.2, 0.25) is 0 Å². The van der Waals surface area contributed by atoms with Crippen LogP contribution in [0.2, 0.25) is 0 Å². The Kier molecular flexibility index (Phi) is 4.08. The standard InChI is InChI=1S/C16H15ClN2OS/c1-11-4-6-12(7-5-11)14-9-13(15-3-2-8-21-15)18-19(14)16(20)10-17/h2-8,14H,9-10H2,1H3/t14-/m0/s1. The van der Waals surface area contributed by atoms with Gasteiger partial charge in [0, 0.05) is 6.42 Å². The molecule has 2 aromatic rings. The molecule has 1 aromatic heterocycles. The molecule has 1 aromatic carbocycles. The van der Waals surface area contributed by atoms with Crippen molar-refractivity contribution >= 4 is 34.6 Å². The predicted molar refractivity (Wildman–Crippen MR) is 87.0 cm³/mol. The van der Waals surface area contributed by atoms with Gasteiger partial charge in [0.1, 0.15) is 5.88 Å². The molecule has 0 N–H and O–H groups in total. The van der Waals surface area contributed by atoms with Gasteiger partial charge in [-0.3, -0.25) is 4.79 Å². The van der Waals surface area contributed by atoms with Crippen molar-refractivity contribution < 1.29 is 4.79 Å². The number of rotatable bonds is 3. The lowest BCUT2D eigenvalue weighted by Gasteiger charge is -2.21. The molecule has 1 aliphatic rings. The summed E-state index contributed by atoms with van der Waals surface area (Å²) < 4.78 is 0. The molecule has 21 heavy (non-hydrogen) atoms. The average molecular weight is 319 g/mol. The molecule has 0 spiro atoms. The molecule has 0 aliphatic carbocycles. The van der Waals surface area contributed by atoms with Crippen molar-refractivity contribution in [2.45, 2.75) is 19.4 Å². The van der Waals surface area contributed by atoms with Crippen molar-refractivity contribution in [3.05, 3.63) is 57.8 Å². The third kappa shape index (κ3) is 2.87. The monoisotopic (exact) mass is 318 g/mol. The van der Waals surface area contributed by atoms with E-state index in [9.17, 15) is 4.79 Å². The topological polar surface area (TPSA) is 32.7 Å². The summed E-state index contributed by atoms with van der Waals surface area (Å²) in [6.07, 6.45) is 0.728. The highest BCUT2D eigenvalue weighted by Gasteiger charge is 2.32. The maximum absolute atomic E-state index is 12.1. The number of thiophene rings is 1. The summed E-state index contributed by atoms with van der Waals surface area (Å²) in [5.74, 6) is -0.211. The second-order valence-electron chi connectivity index (χ2n) is 5.03. The summed E-state index contributed by atoms with van der Waals surface area (Å²) >= 11 is 7.36. The minimum Gasteiger partial charge on any atom is -0.272 e.